The molecule has 1 amide bonds. The van der Waals surface area contributed by atoms with Crippen LogP contribution < -0.4 is 0 Å². The summed E-state index contributed by atoms with van der Waals surface area (Å²) in [7, 11) is 0. The molecule has 0 spiro atoms. The van der Waals surface area contributed by atoms with Crippen molar-refractivity contribution < 1.29 is 27.9 Å². The largest absolute Gasteiger partial charge is 0.480 e. The van der Waals surface area contributed by atoms with Gasteiger partial charge in [0, 0.05) is 16.5 Å². The standard InChI is InChI=1S/C13H14F3NO3S/c1-8(2)17(7-11(18)19)12(20)9-3-5-10(6-4-9)21-13(14,15)16/h3-6,8H,7H2,1-2H3,(H,18,19). The van der Waals surface area contributed by atoms with Crippen LogP contribution in [0.4, 0.5) is 13.2 Å². The monoisotopic (exact) mass is 321 g/mol. The molecule has 0 aliphatic rings. The lowest BCUT2D eigenvalue weighted by Crippen LogP contribution is -2.40. The third-order valence-electron chi connectivity index (χ3n) is 2.52. The Hall–Kier alpha value is -1.70. The molecule has 0 saturated carbocycles. The number of hydrogen-bond acceptors (Lipinski definition) is 3. The van der Waals surface area contributed by atoms with Crippen LogP contribution in [0.1, 0.15) is 24.2 Å². The Balaban J connectivity index is 2.89. The first-order valence-corrected chi connectivity index (χ1v) is 6.80. The lowest BCUT2D eigenvalue weighted by molar-refractivity contribution is -0.138. The smallest absolute Gasteiger partial charge is 0.446 e. The van der Waals surface area contributed by atoms with Crippen molar-refractivity contribution in [2.75, 3.05) is 6.54 Å². The van der Waals surface area contributed by atoms with E-state index in [1.165, 1.54) is 24.3 Å². The second-order valence-corrected chi connectivity index (χ2v) is 5.63. The summed E-state index contributed by atoms with van der Waals surface area (Å²) in [5.41, 5.74) is -4.24. The molecule has 8 heteroatoms. The normalized spacial score (nSPS) is 11.5. The fourth-order valence-corrected chi connectivity index (χ4v) is 2.14. The van der Waals surface area contributed by atoms with E-state index >= 15 is 0 Å². The molecule has 21 heavy (non-hydrogen) atoms. The Bertz CT molecular complexity index is 514. The van der Waals surface area contributed by atoms with Crippen LogP contribution in [-0.4, -0.2) is 40.0 Å². The molecular formula is C13H14F3NO3S. The number of carboxylic acid groups (broad SMARTS) is 1. The third-order valence-corrected chi connectivity index (χ3v) is 3.26. The van der Waals surface area contributed by atoms with Crippen molar-refractivity contribution in [1.29, 1.82) is 0 Å². The van der Waals surface area contributed by atoms with Crippen LogP contribution in [0.15, 0.2) is 29.2 Å². The van der Waals surface area contributed by atoms with Gasteiger partial charge in [-0.25, -0.2) is 0 Å². The van der Waals surface area contributed by atoms with E-state index in [1.807, 2.05) is 0 Å². The van der Waals surface area contributed by atoms with Crippen LogP contribution in [0, 0.1) is 0 Å². The second kappa shape index (κ2) is 6.84. The molecule has 0 radical (unpaired) electrons. The molecule has 0 bridgehead atoms. The Kier molecular flexibility index (Phi) is 5.65. The van der Waals surface area contributed by atoms with Gasteiger partial charge in [-0.15, -0.1) is 0 Å². The van der Waals surface area contributed by atoms with E-state index < -0.39 is 23.9 Å². The highest BCUT2D eigenvalue weighted by molar-refractivity contribution is 8.00. The molecule has 0 unspecified atom stereocenters. The van der Waals surface area contributed by atoms with Crippen LogP contribution in [-0.2, 0) is 4.79 Å². The van der Waals surface area contributed by atoms with Crippen molar-refractivity contribution in [2.45, 2.75) is 30.3 Å². The molecule has 1 rings (SSSR count). The molecule has 1 aromatic carbocycles. The van der Waals surface area contributed by atoms with Crippen LogP contribution in [0.3, 0.4) is 0 Å². The van der Waals surface area contributed by atoms with E-state index in [0.717, 1.165) is 4.90 Å². The van der Waals surface area contributed by atoms with Crippen molar-refractivity contribution in [3.05, 3.63) is 29.8 Å². The Morgan fingerprint density at radius 1 is 1.24 bits per heavy atom. The van der Waals surface area contributed by atoms with E-state index in [-0.39, 0.29) is 28.3 Å². The first kappa shape index (κ1) is 17.4. The van der Waals surface area contributed by atoms with E-state index in [1.54, 1.807) is 13.8 Å². The Morgan fingerprint density at radius 3 is 2.14 bits per heavy atom. The molecule has 0 fully saturated rings. The summed E-state index contributed by atoms with van der Waals surface area (Å²) in [5, 5.41) is 8.78. The zero-order valence-corrected chi connectivity index (χ0v) is 12.2. The summed E-state index contributed by atoms with van der Waals surface area (Å²) < 4.78 is 36.6. The maximum atomic E-state index is 12.2. The van der Waals surface area contributed by atoms with Gasteiger partial charge in [-0.05, 0) is 49.9 Å². The fourth-order valence-electron chi connectivity index (χ4n) is 1.60. The van der Waals surface area contributed by atoms with Crippen molar-refractivity contribution in [2.24, 2.45) is 0 Å². The van der Waals surface area contributed by atoms with Gasteiger partial charge in [0.2, 0.25) is 0 Å². The second-order valence-electron chi connectivity index (χ2n) is 4.49. The minimum absolute atomic E-state index is 0.0339. The molecule has 116 valence electrons. The summed E-state index contributed by atoms with van der Waals surface area (Å²) >= 11 is -0.273. The summed E-state index contributed by atoms with van der Waals surface area (Å²) in [6.07, 6.45) is 0. The van der Waals surface area contributed by atoms with Gasteiger partial charge in [0.1, 0.15) is 6.54 Å². The summed E-state index contributed by atoms with van der Waals surface area (Å²) in [4.78, 5) is 24.0. The van der Waals surface area contributed by atoms with Crippen molar-refractivity contribution >= 4 is 23.6 Å². The first-order valence-electron chi connectivity index (χ1n) is 5.98. The average molecular weight is 321 g/mol. The maximum absolute atomic E-state index is 12.2. The van der Waals surface area contributed by atoms with Gasteiger partial charge in [0.15, 0.2) is 0 Å². The van der Waals surface area contributed by atoms with Crippen LogP contribution in [0.2, 0.25) is 0 Å². The van der Waals surface area contributed by atoms with Crippen molar-refractivity contribution in [3.63, 3.8) is 0 Å². The molecule has 0 aliphatic carbocycles. The number of hydrogen-bond donors (Lipinski definition) is 1. The average Bonchev–Trinajstić information content (AvgIpc) is 2.33. The quantitative estimate of drug-likeness (QED) is 0.846. The van der Waals surface area contributed by atoms with Gasteiger partial charge < -0.3 is 10.0 Å². The molecule has 1 N–H and O–H groups in total. The molecule has 0 heterocycles. The number of carboxylic acids is 1. The molecular weight excluding hydrogens is 307 g/mol. The van der Waals surface area contributed by atoms with E-state index in [9.17, 15) is 22.8 Å². The van der Waals surface area contributed by atoms with Gasteiger partial charge in [-0.3, -0.25) is 9.59 Å². The van der Waals surface area contributed by atoms with Gasteiger partial charge in [0.05, 0.1) is 0 Å². The molecule has 0 saturated heterocycles. The van der Waals surface area contributed by atoms with E-state index in [0.29, 0.717) is 0 Å². The van der Waals surface area contributed by atoms with Gasteiger partial charge >= 0.3 is 11.5 Å². The third kappa shape index (κ3) is 5.66. The van der Waals surface area contributed by atoms with Gasteiger partial charge in [0.25, 0.3) is 5.91 Å². The molecule has 0 aromatic heterocycles. The number of amides is 1. The molecule has 4 nitrogen and oxygen atoms in total. The topological polar surface area (TPSA) is 57.6 Å². The Labute approximate surface area is 123 Å². The van der Waals surface area contributed by atoms with Crippen LogP contribution >= 0.6 is 11.8 Å². The van der Waals surface area contributed by atoms with Crippen LogP contribution in [0.5, 0.6) is 0 Å². The summed E-state index contributed by atoms with van der Waals surface area (Å²) in [6, 6.07) is 4.55. The highest BCUT2D eigenvalue weighted by Gasteiger charge is 2.29. The zero-order chi connectivity index (χ0) is 16.2. The number of nitrogens with zero attached hydrogens (tertiary/aromatic N) is 1. The minimum Gasteiger partial charge on any atom is -0.480 e. The summed E-state index contributed by atoms with van der Waals surface area (Å²) in [5.74, 6) is -1.68. The van der Waals surface area contributed by atoms with E-state index in [2.05, 4.69) is 0 Å². The SMILES string of the molecule is CC(C)N(CC(=O)O)C(=O)c1ccc(SC(F)(F)F)cc1. The van der Waals surface area contributed by atoms with Crippen LogP contribution in [0.25, 0.3) is 0 Å². The highest BCUT2D eigenvalue weighted by atomic mass is 32.2. The number of aliphatic carboxylic acids is 1. The summed E-state index contributed by atoms with van der Waals surface area (Å²) in [6.45, 7) is 2.86. The van der Waals surface area contributed by atoms with E-state index in [4.69, 9.17) is 5.11 Å². The Morgan fingerprint density at radius 2 is 1.76 bits per heavy atom. The predicted molar refractivity (Wildman–Crippen MR) is 72.2 cm³/mol. The number of halogens is 3. The highest BCUT2D eigenvalue weighted by Crippen LogP contribution is 2.36. The fraction of sp³-hybridized carbons (Fsp3) is 0.385. The molecule has 0 aliphatic heterocycles. The van der Waals surface area contributed by atoms with Gasteiger partial charge in [-0.1, -0.05) is 0 Å². The maximum Gasteiger partial charge on any atom is 0.446 e. The van der Waals surface area contributed by atoms with Crippen molar-refractivity contribution in [3.8, 4) is 0 Å². The number of alkyl halides is 3. The lowest BCUT2D eigenvalue weighted by Gasteiger charge is -2.25. The van der Waals surface area contributed by atoms with Gasteiger partial charge in [-0.2, -0.15) is 13.2 Å². The zero-order valence-electron chi connectivity index (χ0n) is 11.3. The number of carbonyl (C=O) groups is 2. The molecule has 1 aromatic rings. The number of carbonyl (C=O) groups excluding carboxylic acids is 1. The van der Waals surface area contributed by atoms with Crippen molar-refractivity contribution in [1.82, 2.24) is 4.90 Å². The number of benzene rings is 1. The number of rotatable bonds is 5. The minimum atomic E-state index is -4.39. The first-order chi connectivity index (χ1) is 9.60. The predicted octanol–water partition coefficient (Wildman–Crippen LogP) is 3.23. The molecule has 0 atom stereocenters. The number of thioether (sulfide) groups is 1. The lowest BCUT2D eigenvalue weighted by atomic mass is 10.1.